The second kappa shape index (κ2) is 4.13. The van der Waals surface area contributed by atoms with Crippen molar-refractivity contribution >= 4 is 45.1 Å². The quantitative estimate of drug-likeness (QED) is 0.634. The number of aliphatic imine (C=N–C) groups is 1. The predicted octanol–water partition coefficient (Wildman–Crippen LogP) is 4.11. The van der Waals surface area contributed by atoms with Gasteiger partial charge in [-0.25, -0.2) is 4.99 Å². The maximum absolute atomic E-state index is 5.85. The molecule has 0 aromatic heterocycles. The monoisotopic (exact) mass is 221 g/mol. The molecule has 1 aromatic rings. The molecule has 0 N–H and O–H groups in total. The predicted molar refractivity (Wildman–Crippen MR) is 55.0 cm³/mol. The average Bonchev–Trinajstić information content (AvgIpc) is 1.94. The van der Waals surface area contributed by atoms with Crippen LogP contribution in [0.4, 0.5) is 5.69 Å². The molecule has 0 bridgehead atoms. The van der Waals surface area contributed by atoms with E-state index in [1.807, 2.05) is 13.0 Å². The largest absolute Gasteiger partial charge is 0.224 e. The fourth-order valence-electron chi connectivity index (χ4n) is 0.794. The summed E-state index contributed by atoms with van der Waals surface area (Å²) in [6, 6.07) is 5.46. The van der Waals surface area contributed by atoms with Gasteiger partial charge in [0.15, 0.2) is 4.63 Å². The standard InChI is InChI=1S/C8H6Cl3N/c1-5-2-3-7(6(9)4-5)12-8(10)11/h2-4H,1H3. The van der Waals surface area contributed by atoms with Gasteiger partial charge in [-0.05, 0) is 47.8 Å². The minimum Gasteiger partial charge on any atom is -0.224 e. The molecule has 0 saturated carbocycles. The van der Waals surface area contributed by atoms with Gasteiger partial charge in [0.1, 0.15) is 0 Å². The molecular formula is C8H6Cl3N. The highest BCUT2D eigenvalue weighted by Gasteiger charge is 1.98. The van der Waals surface area contributed by atoms with Gasteiger partial charge in [0, 0.05) is 0 Å². The average molecular weight is 223 g/mol. The van der Waals surface area contributed by atoms with Crippen LogP contribution >= 0.6 is 34.8 Å². The molecule has 0 aliphatic carbocycles. The first-order chi connectivity index (χ1) is 5.59. The van der Waals surface area contributed by atoms with Crippen LogP contribution in [0.25, 0.3) is 0 Å². The summed E-state index contributed by atoms with van der Waals surface area (Å²) in [6.07, 6.45) is 0. The van der Waals surface area contributed by atoms with Crippen LogP contribution in [0.1, 0.15) is 5.56 Å². The zero-order chi connectivity index (χ0) is 9.14. The van der Waals surface area contributed by atoms with Crippen LogP contribution in [-0.2, 0) is 0 Å². The van der Waals surface area contributed by atoms with Crippen molar-refractivity contribution in [1.82, 2.24) is 0 Å². The molecule has 64 valence electrons. The van der Waals surface area contributed by atoms with Crippen LogP contribution in [-0.4, -0.2) is 4.63 Å². The summed E-state index contributed by atoms with van der Waals surface area (Å²) in [4.78, 5) is 3.82. The van der Waals surface area contributed by atoms with Crippen molar-refractivity contribution in [1.29, 1.82) is 0 Å². The van der Waals surface area contributed by atoms with Crippen molar-refractivity contribution in [2.45, 2.75) is 6.92 Å². The first kappa shape index (κ1) is 9.85. The Balaban J connectivity index is 3.10. The Morgan fingerprint density at radius 1 is 1.33 bits per heavy atom. The Bertz CT molecular complexity index is 316. The maximum Gasteiger partial charge on any atom is 0.197 e. The summed E-state index contributed by atoms with van der Waals surface area (Å²) in [7, 11) is 0. The number of benzene rings is 1. The smallest absolute Gasteiger partial charge is 0.197 e. The van der Waals surface area contributed by atoms with E-state index in [4.69, 9.17) is 34.8 Å². The molecule has 0 unspecified atom stereocenters. The lowest BCUT2D eigenvalue weighted by molar-refractivity contribution is 1.44. The summed E-state index contributed by atoms with van der Waals surface area (Å²) in [5.41, 5.74) is 1.66. The van der Waals surface area contributed by atoms with Gasteiger partial charge in [-0.15, -0.1) is 0 Å². The van der Waals surface area contributed by atoms with Crippen LogP contribution in [0, 0.1) is 6.92 Å². The van der Waals surface area contributed by atoms with Gasteiger partial charge in [-0.1, -0.05) is 17.7 Å². The minimum atomic E-state index is -0.0410. The first-order valence-electron chi connectivity index (χ1n) is 3.25. The fourth-order valence-corrected chi connectivity index (χ4v) is 1.25. The lowest BCUT2D eigenvalue weighted by atomic mass is 10.2. The number of hydrogen-bond donors (Lipinski definition) is 0. The van der Waals surface area contributed by atoms with E-state index < -0.39 is 0 Å². The van der Waals surface area contributed by atoms with Gasteiger partial charge in [0.25, 0.3) is 0 Å². The SMILES string of the molecule is Cc1ccc(N=C(Cl)Cl)c(Cl)c1. The highest BCUT2D eigenvalue weighted by molar-refractivity contribution is 6.95. The summed E-state index contributed by atoms with van der Waals surface area (Å²) < 4.78 is -0.0410. The molecule has 0 spiro atoms. The molecule has 0 heterocycles. The molecule has 1 nitrogen and oxygen atoms in total. The van der Waals surface area contributed by atoms with Crippen LogP contribution in [0.15, 0.2) is 23.2 Å². The normalized spacial score (nSPS) is 9.67. The molecule has 0 saturated heterocycles. The van der Waals surface area contributed by atoms with Crippen molar-refractivity contribution < 1.29 is 0 Å². The van der Waals surface area contributed by atoms with Gasteiger partial charge in [0.2, 0.25) is 0 Å². The Kier molecular flexibility index (Phi) is 3.39. The fraction of sp³-hybridized carbons (Fsp3) is 0.125. The molecule has 0 amide bonds. The number of nitrogens with zero attached hydrogens (tertiary/aromatic N) is 1. The first-order valence-corrected chi connectivity index (χ1v) is 4.39. The van der Waals surface area contributed by atoms with E-state index in [2.05, 4.69) is 4.99 Å². The van der Waals surface area contributed by atoms with Crippen molar-refractivity contribution in [2.24, 2.45) is 4.99 Å². The van der Waals surface area contributed by atoms with E-state index >= 15 is 0 Å². The van der Waals surface area contributed by atoms with E-state index in [1.165, 1.54) is 0 Å². The van der Waals surface area contributed by atoms with Crippen LogP contribution < -0.4 is 0 Å². The van der Waals surface area contributed by atoms with Crippen molar-refractivity contribution in [2.75, 3.05) is 0 Å². The third-order valence-corrected chi connectivity index (χ3v) is 1.78. The highest BCUT2D eigenvalue weighted by atomic mass is 35.5. The lowest BCUT2D eigenvalue weighted by Crippen LogP contribution is -1.75. The third kappa shape index (κ3) is 2.67. The zero-order valence-electron chi connectivity index (χ0n) is 6.31. The molecule has 4 heteroatoms. The summed E-state index contributed by atoms with van der Waals surface area (Å²) in [6.45, 7) is 1.95. The molecule has 0 aliphatic heterocycles. The molecule has 1 aromatic carbocycles. The molecule has 1 rings (SSSR count). The maximum atomic E-state index is 5.85. The second-order valence-corrected chi connectivity index (χ2v) is 3.62. The van der Waals surface area contributed by atoms with Crippen molar-refractivity contribution in [3.8, 4) is 0 Å². The molecular weight excluding hydrogens is 216 g/mol. The van der Waals surface area contributed by atoms with E-state index in [0.29, 0.717) is 10.7 Å². The van der Waals surface area contributed by atoms with Gasteiger partial charge in [-0.2, -0.15) is 0 Å². The zero-order valence-corrected chi connectivity index (χ0v) is 8.58. The number of halogens is 3. The Labute approximate surface area is 86.0 Å². The van der Waals surface area contributed by atoms with E-state index in [9.17, 15) is 0 Å². The van der Waals surface area contributed by atoms with Crippen molar-refractivity contribution in [3.05, 3.63) is 28.8 Å². The van der Waals surface area contributed by atoms with Crippen LogP contribution in [0.5, 0.6) is 0 Å². The van der Waals surface area contributed by atoms with Crippen LogP contribution in [0.2, 0.25) is 5.02 Å². The molecule has 0 radical (unpaired) electrons. The molecule has 0 atom stereocenters. The Morgan fingerprint density at radius 2 is 2.00 bits per heavy atom. The summed E-state index contributed by atoms with van der Waals surface area (Å²) >= 11 is 16.6. The summed E-state index contributed by atoms with van der Waals surface area (Å²) in [5, 5.41) is 0.550. The van der Waals surface area contributed by atoms with Crippen LogP contribution in [0.3, 0.4) is 0 Å². The molecule has 12 heavy (non-hydrogen) atoms. The highest BCUT2D eigenvalue weighted by Crippen LogP contribution is 2.26. The van der Waals surface area contributed by atoms with E-state index in [-0.39, 0.29) is 4.63 Å². The topological polar surface area (TPSA) is 12.4 Å². The minimum absolute atomic E-state index is 0.0410. The van der Waals surface area contributed by atoms with Gasteiger partial charge < -0.3 is 0 Å². The number of hydrogen-bond acceptors (Lipinski definition) is 1. The number of aryl methyl sites for hydroxylation is 1. The lowest BCUT2D eigenvalue weighted by Gasteiger charge is -1.98. The van der Waals surface area contributed by atoms with Gasteiger partial charge >= 0.3 is 0 Å². The molecule has 0 fully saturated rings. The Morgan fingerprint density at radius 3 is 2.50 bits per heavy atom. The van der Waals surface area contributed by atoms with Crippen molar-refractivity contribution in [3.63, 3.8) is 0 Å². The van der Waals surface area contributed by atoms with E-state index in [1.54, 1.807) is 12.1 Å². The van der Waals surface area contributed by atoms with E-state index in [0.717, 1.165) is 5.56 Å². The number of rotatable bonds is 1. The third-order valence-electron chi connectivity index (χ3n) is 1.31. The van der Waals surface area contributed by atoms with Gasteiger partial charge in [0.05, 0.1) is 10.7 Å². The molecule has 0 aliphatic rings. The van der Waals surface area contributed by atoms with Gasteiger partial charge in [-0.3, -0.25) is 0 Å². The Hall–Kier alpha value is -0.240. The second-order valence-electron chi connectivity index (χ2n) is 2.31. The summed E-state index contributed by atoms with van der Waals surface area (Å²) in [5.74, 6) is 0.